The number of aromatic nitrogens is 2. The molecule has 7 nitrogen and oxygen atoms in total. The van der Waals surface area contributed by atoms with Crippen LogP contribution in [-0.4, -0.2) is 30.3 Å². The average molecular weight is 388 g/mol. The molecule has 0 aliphatic rings. The maximum Gasteiger partial charge on any atom is 0.246 e. The fourth-order valence-electron chi connectivity index (χ4n) is 2.48. The molecule has 0 aliphatic heterocycles. The highest BCUT2D eigenvalue weighted by Gasteiger charge is 2.12. The van der Waals surface area contributed by atoms with Crippen molar-refractivity contribution in [2.24, 2.45) is 0 Å². The Labute approximate surface area is 161 Å². The van der Waals surface area contributed by atoms with Crippen LogP contribution in [0.2, 0.25) is 5.02 Å². The molecule has 1 aromatic heterocycles. The molecule has 0 saturated carbocycles. The first kappa shape index (κ1) is 18.7. The smallest absolute Gasteiger partial charge is 0.246 e. The Morgan fingerprint density at radius 3 is 2.70 bits per heavy atom. The van der Waals surface area contributed by atoms with Gasteiger partial charge in [-0.05, 0) is 29.8 Å². The van der Waals surface area contributed by atoms with Gasteiger partial charge >= 0.3 is 0 Å². The van der Waals surface area contributed by atoms with Crippen LogP contribution in [0.25, 0.3) is 11.4 Å². The molecule has 0 spiro atoms. The number of carbonyl (C=O) groups excluding carboxylic acids is 1. The molecule has 0 radical (unpaired) electrons. The van der Waals surface area contributed by atoms with E-state index in [4.69, 9.17) is 25.6 Å². The first-order valence-electron chi connectivity index (χ1n) is 8.15. The van der Waals surface area contributed by atoms with Crippen molar-refractivity contribution in [2.45, 2.75) is 13.0 Å². The summed E-state index contributed by atoms with van der Waals surface area (Å²) in [7, 11) is 3.11. The molecule has 8 heteroatoms. The molecule has 0 bridgehead atoms. The van der Waals surface area contributed by atoms with Crippen LogP contribution in [0.1, 0.15) is 11.5 Å². The molecule has 0 aliphatic carbocycles. The van der Waals surface area contributed by atoms with Crippen molar-refractivity contribution in [1.29, 1.82) is 0 Å². The lowest BCUT2D eigenvalue weighted by molar-refractivity contribution is -0.120. The summed E-state index contributed by atoms with van der Waals surface area (Å²) >= 11 is 5.96. The summed E-state index contributed by atoms with van der Waals surface area (Å²) in [5.41, 5.74) is 1.55. The van der Waals surface area contributed by atoms with Crippen molar-refractivity contribution in [1.82, 2.24) is 15.5 Å². The highest BCUT2D eigenvalue weighted by Crippen LogP contribution is 2.27. The van der Waals surface area contributed by atoms with E-state index in [2.05, 4.69) is 15.5 Å². The Balaban J connectivity index is 1.58. The van der Waals surface area contributed by atoms with Gasteiger partial charge in [0.25, 0.3) is 0 Å². The fourth-order valence-corrected chi connectivity index (χ4v) is 2.67. The summed E-state index contributed by atoms with van der Waals surface area (Å²) in [4.78, 5) is 16.4. The molecular weight excluding hydrogens is 370 g/mol. The number of methoxy groups -OCH3 is 2. The SMILES string of the molecule is COc1ccc(CC(=O)NCc2nc(-c3cccc(Cl)c3)no2)cc1OC. The number of nitrogens with one attached hydrogen (secondary N) is 1. The number of halogens is 1. The molecule has 140 valence electrons. The first-order valence-corrected chi connectivity index (χ1v) is 8.53. The number of ether oxygens (including phenoxy) is 2. The third kappa shape index (κ3) is 4.77. The van der Waals surface area contributed by atoms with Gasteiger partial charge in [0.2, 0.25) is 17.6 Å². The van der Waals surface area contributed by atoms with Crippen LogP contribution in [0, 0.1) is 0 Å². The predicted octanol–water partition coefficient (Wildman–Crippen LogP) is 3.27. The number of amides is 1. The standard InChI is InChI=1S/C19H18ClN3O4/c1-25-15-7-6-12(8-16(15)26-2)9-17(24)21-11-18-22-19(23-27-18)13-4-3-5-14(20)10-13/h3-8,10H,9,11H2,1-2H3,(H,21,24). The van der Waals surface area contributed by atoms with E-state index in [-0.39, 0.29) is 18.9 Å². The minimum Gasteiger partial charge on any atom is -0.493 e. The van der Waals surface area contributed by atoms with E-state index >= 15 is 0 Å². The number of benzene rings is 2. The normalized spacial score (nSPS) is 10.5. The quantitative estimate of drug-likeness (QED) is 0.669. The van der Waals surface area contributed by atoms with E-state index in [9.17, 15) is 4.79 Å². The van der Waals surface area contributed by atoms with E-state index in [1.807, 2.05) is 12.1 Å². The number of rotatable bonds is 7. The van der Waals surface area contributed by atoms with Crippen LogP contribution in [-0.2, 0) is 17.8 Å². The van der Waals surface area contributed by atoms with Crippen LogP contribution in [0.15, 0.2) is 47.0 Å². The summed E-state index contributed by atoms with van der Waals surface area (Å²) in [5.74, 6) is 1.74. The van der Waals surface area contributed by atoms with Gasteiger partial charge in [-0.15, -0.1) is 0 Å². The second kappa shape index (κ2) is 8.55. The van der Waals surface area contributed by atoms with Gasteiger partial charge < -0.3 is 19.3 Å². The van der Waals surface area contributed by atoms with Crippen molar-refractivity contribution >= 4 is 17.5 Å². The minimum absolute atomic E-state index is 0.139. The van der Waals surface area contributed by atoms with E-state index < -0.39 is 0 Å². The second-order valence-corrected chi connectivity index (χ2v) is 6.10. The number of nitrogens with zero attached hydrogens (tertiary/aromatic N) is 2. The Morgan fingerprint density at radius 2 is 1.96 bits per heavy atom. The molecule has 2 aromatic carbocycles. The molecule has 0 atom stereocenters. The molecule has 0 fully saturated rings. The molecule has 27 heavy (non-hydrogen) atoms. The summed E-state index contributed by atoms with van der Waals surface area (Å²) < 4.78 is 15.6. The lowest BCUT2D eigenvalue weighted by Gasteiger charge is -2.09. The Hall–Kier alpha value is -3.06. The van der Waals surface area contributed by atoms with Gasteiger partial charge in [0.15, 0.2) is 11.5 Å². The number of hydrogen-bond acceptors (Lipinski definition) is 6. The van der Waals surface area contributed by atoms with E-state index in [1.54, 1.807) is 44.6 Å². The van der Waals surface area contributed by atoms with Gasteiger partial charge in [-0.3, -0.25) is 4.79 Å². The monoisotopic (exact) mass is 387 g/mol. The maximum absolute atomic E-state index is 12.2. The first-order chi connectivity index (χ1) is 13.1. The van der Waals surface area contributed by atoms with Crippen LogP contribution in [0.5, 0.6) is 11.5 Å². The van der Waals surface area contributed by atoms with Crippen LogP contribution < -0.4 is 14.8 Å². The lowest BCUT2D eigenvalue weighted by atomic mass is 10.1. The average Bonchev–Trinajstić information content (AvgIpc) is 3.15. The van der Waals surface area contributed by atoms with Crippen LogP contribution >= 0.6 is 11.6 Å². The highest BCUT2D eigenvalue weighted by molar-refractivity contribution is 6.30. The molecule has 1 heterocycles. The Morgan fingerprint density at radius 1 is 1.15 bits per heavy atom. The lowest BCUT2D eigenvalue weighted by Crippen LogP contribution is -2.24. The number of carbonyl (C=O) groups is 1. The van der Waals surface area contributed by atoms with Crippen molar-refractivity contribution in [3.63, 3.8) is 0 Å². The van der Waals surface area contributed by atoms with Crippen LogP contribution in [0.3, 0.4) is 0 Å². The fraction of sp³-hybridized carbons (Fsp3) is 0.211. The third-order valence-corrected chi connectivity index (χ3v) is 4.04. The van der Waals surface area contributed by atoms with Gasteiger partial charge in [0.1, 0.15) is 0 Å². The van der Waals surface area contributed by atoms with Gasteiger partial charge in [-0.1, -0.05) is 35.0 Å². The summed E-state index contributed by atoms with van der Waals surface area (Å²) in [6.07, 6.45) is 0.190. The second-order valence-electron chi connectivity index (χ2n) is 5.66. The van der Waals surface area contributed by atoms with Crippen molar-refractivity contribution in [3.8, 4) is 22.9 Å². The van der Waals surface area contributed by atoms with Crippen LogP contribution in [0.4, 0.5) is 0 Å². The molecule has 1 N–H and O–H groups in total. The summed E-state index contributed by atoms with van der Waals surface area (Å²) in [6.45, 7) is 0.139. The van der Waals surface area contributed by atoms with Crippen molar-refractivity contribution in [2.75, 3.05) is 14.2 Å². The van der Waals surface area contributed by atoms with Gasteiger partial charge in [0.05, 0.1) is 27.2 Å². The van der Waals surface area contributed by atoms with E-state index in [0.29, 0.717) is 28.2 Å². The van der Waals surface area contributed by atoms with Gasteiger partial charge in [0, 0.05) is 10.6 Å². The zero-order valence-corrected chi connectivity index (χ0v) is 15.6. The topological polar surface area (TPSA) is 86.5 Å². The highest BCUT2D eigenvalue weighted by atomic mass is 35.5. The molecular formula is C19H18ClN3O4. The number of hydrogen-bond donors (Lipinski definition) is 1. The molecule has 3 aromatic rings. The minimum atomic E-state index is -0.176. The molecule has 0 unspecified atom stereocenters. The summed E-state index contributed by atoms with van der Waals surface area (Å²) in [6, 6.07) is 12.5. The molecule has 0 saturated heterocycles. The Bertz CT molecular complexity index is 942. The zero-order chi connectivity index (χ0) is 19.2. The third-order valence-electron chi connectivity index (χ3n) is 3.80. The van der Waals surface area contributed by atoms with E-state index in [0.717, 1.165) is 11.1 Å². The predicted molar refractivity (Wildman–Crippen MR) is 99.8 cm³/mol. The van der Waals surface area contributed by atoms with Crippen molar-refractivity contribution < 1.29 is 18.8 Å². The molecule has 3 rings (SSSR count). The van der Waals surface area contributed by atoms with Gasteiger partial charge in [-0.25, -0.2) is 0 Å². The maximum atomic E-state index is 12.2. The van der Waals surface area contributed by atoms with E-state index in [1.165, 1.54) is 0 Å². The molecule has 1 amide bonds. The Kier molecular flexibility index (Phi) is 5.93. The summed E-state index contributed by atoms with van der Waals surface area (Å²) in [5, 5.41) is 7.25. The zero-order valence-electron chi connectivity index (χ0n) is 14.9. The van der Waals surface area contributed by atoms with Gasteiger partial charge in [-0.2, -0.15) is 4.98 Å². The van der Waals surface area contributed by atoms with Crippen molar-refractivity contribution in [3.05, 3.63) is 58.9 Å². The largest absolute Gasteiger partial charge is 0.493 e.